The molecule has 2 amide bonds. The van der Waals surface area contributed by atoms with E-state index >= 15 is 0 Å². The fourth-order valence-corrected chi connectivity index (χ4v) is 3.24. The van der Waals surface area contributed by atoms with Gasteiger partial charge in [0, 0.05) is 30.9 Å². The Hall–Kier alpha value is -3.08. The predicted octanol–water partition coefficient (Wildman–Crippen LogP) is 2.15. The van der Waals surface area contributed by atoms with Crippen LogP contribution in [0.15, 0.2) is 35.9 Å². The summed E-state index contributed by atoms with van der Waals surface area (Å²) >= 11 is 0. The van der Waals surface area contributed by atoms with E-state index in [2.05, 4.69) is 5.32 Å². The van der Waals surface area contributed by atoms with E-state index in [0.717, 1.165) is 5.69 Å². The molecule has 142 valence electrons. The van der Waals surface area contributed by atoms with Crippen molar-refractivity contribution in [2.24, 2.45) is 0 Å². The first-order valence-corrected chi connectivity index (χ1v) is 8.78. The van der Waals surface area contributed by atoms with Gasteiger partial charge >= 0.3 is 6.09 Å². The van der Waals surface area contributed by atoms with Crippen molar-refractivity contribution in [2.75, 3.05) is 36.0 Å². The number of carbonyl (C=O) groups excluding carboxylic acids is 2. The number of rotatable bonds is 4. The molecule has 7 nitrogen and oxygen atoms in total. The molecule has 1 N–H and O–H groups in total. The maximum Gasteiger partial charge on any atom is 0.414 e. The van der Waals surface area contributed by atoms with E-state index in [9.17, 15) is 14.0 Å². The molecular weight excluding hydrogens is 351 g/mol. The van der Waals surface area contributed by atoms with Gasteiger partial charge in [-0.3, -0.25) is 9.69 Å². The van der Waals surface area contributed by atoms with Crippen LogP contribution in [0.2, 0.25) is 0 Å². The number of nitrogens with zero attached hydrogens (tertiary/aromatic N) is 3. The van der Waals surface area contributed by atoms with Crippen LogP contribution in [0.25, 0.3) is 0 Å². The molecule has 1 unspecified atom stereocenters. The number of amides is 2. The Balaban J connectivity index is 1.62. The quantitative estimate of drug-likeness (QED) is 0.819. The number of nitrogens with one attached hydrogen (secondary N) is 1. The van der Waals surface area contributed by atoms with E-state index in [0.29, 0.717) is 30.8 Å². The van der Waals surface area contributed by atoms with Gasteiger partial charge in [-0.05, 0) is 36.3 Å². The second-order valence-electron chi connectivity index (χ2n) is 6.58. The molecule has 2 fully saturated rings. The summed E-state index contributed by atoms with van der Waals surface area (Å²) in [5, 5.41) is 11.3. The number of anilines is 2. The Labute approximate surface area is 157 Å². The number of piperidine rings is 1. The summed E-state index contributed by atoms with van der Waals surface area (Å²) in [4.78, 5) is 26.5. The Morgan fingerprint density at radius 1 is 1.37 bits per heavy atom. The van der Waals surface area contributed by atoms with E-state index in [1.165, 1.54) is 17.9 Å². The van der Waals surface area contributed by atoms with Crippen molar-refractivity contribution in [2.45, 2.75) is 25.6 Å². The largest absolute Gasteiger partial charge is 0.442 e. The summed E-state index contributed by atoms with van der Waals surface area (Å²) in [6.07, 6.45) is -0.186. The molecule has 1 aromatic carbocycles. The first-order valence-electron chi connectivity index (χ1n) is 8.78. The zero-order valence-electron chi connectivity index (χ0n) is 15.0. The van der Waals surface area contributed by atoms with Gasteiger partial charge in [0.25, 0.3) is 0 Å². The van der Waals surface area contributed by atoms with E-state index in [-0.39, 0.29) is 25.1 Å². The highest BCUT2D eigenvalue weighted by molar-refractivity contribution is 5.90. The summed E-state index contributed by atoms with van der Waals surface area (Å²) in [5.41, 5.74) is 2.09. The first-order chi connectivity index (χ1) is 13.0. The fraction of sp³-hybridized carbons (Fsp3) is 0.421. The van der Waals surface area contributed by atoms with Crippen LogP contribution in [0, 0.1) is 11.3 Å². The lowest BCUT2D eigenvalue weighted by Crippen LogP contribution is -2.37. The second kappa shape index (κ2) is 8.08. The topological polar surface area (TPSA) is 85.7 Å². The van der Waals surface area contributed by atoms with Gasteiger partial charge in [-0.1, -0.05) is 0 Å². The number of nitriles is 1. The van der Waals surface area contributed by atoms with Crippen molar-refractivity contribution in [3.63, 3.8) is 0 Å². The van der Waals surface area contributed by atoms with Crippen LogP contribution in [-0.2, 0) is 9.53 Å². The Bertz CT molecular complexity index is 787. The maximum atomic E-state index is 14.2. The number of cyclic esters (lactones) is 1. The van der Waals surface area contributed by atoms with Crippen LogP contribution in [0.1, 0.15) is 13.3 Å². The van der Waals surface area contributed by atoms with Gasteiger partial charge in [0.15, 0.2) is 0 Å². The summed E-state index contributed by atoms with van der Waals surface area (Å²) in [5.74, 6) is -0.172. The molecule has 0 bridgehead atoms. The average Bonchev–Trinajstić information content (AvgIpc) is 3.03. The molecule has 2 aliphatic heterocycles. The minimum atomic E-state index is -1.15. The van der Waals surface area contributed by atoms with Crippen LogP contribution in [0.3, 0.4) is 0 Å². The van der Waals surface area contributed by atoms with Crippen LogP contribution < -0.4 is 15.1 Å². The molecule has 1 aromatic rings. The predicted molar refractivity (Wildman–Crippen MR) is 98.2 cm³/mol. The van der Waals surface area contributed by atoms with Crippen LogP contribution in [-0.4, -0.2) is 50.5 Å². The molecule has 2 aliphatic rings. The third-order valence-electron chi connectivity index (χ3n) is 4.68. The van der Waals surface area contributed by atoms with Crippen molar-refractivity contribution in [1.82, 2.24) is 5.32 Å². The van der Waals surface area contributed by atoms with Crippen LogP contribution >= 0.6 is 0 Å². The molecular formula is C19H21FN4O3. The number of ether oxygens (including phenoxy) is 1. The van der Waals surface area contributed by atoms with E-state index in [4.69, 9.17) is 10.00 Å². The molecule has 0 saturated carbocycles. The Morgan fingerprint density at radius 2 is 2.07 bits per heavy atom. The maximum absolute atomic E-state index is 14.2. The number of hydrogen-bond donors (Lipinski definition) is 1. The Morgan fingerprint density at radius 3 is 2.70 bits per heavy atom. The summed E-state index contributed by atoms with van der Waals surface area (Å²) in [7, 11) is 0. The molecule has 8 heteroatoms. The fourth-order valence-electron chi connectivity index (χ4n) is 3.24. The highest BCUT2D eigenvalue weighted by Crippen LogP contribution is 2.28. The SMILES string of the molecule is CC(=O)NC[C@H]1CN(c2ccc(N3CCC(=CC#N)C(F)C3)cc2)C(=O)O1. The minimum Gasteiger partial charge on any atom is -0.442 e. The van der Waals surface area contributed by atoms with Crippen molar-refractivity contribution >= 4 is 23.4 Å². The van der Waals surface area contributed by atoms with E-state index in [1.807, 2.05) is 23.1 Å². The average molecular weight is 372 g/mol. The second-order valence-corrected chi connectivity index (χ2v) is 6.58. The van der Waals surface area contributed by atoms with Crippen molar-refractivity contribution in [3.8, 4) is 6.07 Å². The highest BCUT2D eigenvalue weighted by Gasteiger charge is 2.32. The number of hydrogen-bond acceptors (Lipinski definition) is 5. The molecule has 0 aliphatic carbocycles. The van der Waals surface area contributed by atoms with Gasteiger partial charge in [0.1, 0.15) is 12.3 Å². The molecule has 0 spiro atoms. The number of allylic oxidation sites excluding steroid dienone is 1. The molecule has 0 radical (unpaired) electrons. The normalized spacial score (nSPS) is 23.9. The van der Waals surface area contributed by atoms with Gasteiger partial charge in [-0.2, -0.15) is 5.26 Å². The number of alkyl halides is 1. The molecule has 2 atom stereocenters. The number of benzene rings is 1. The lowest BCUT2D eigenvalue weighted by molar-refractivity contribution is -0.119. The zero-order valence-corrected chi connectivity index (χ0v) is 15.0. The van der Waals surface area contributed by atoms with Crippen molar-refractivity contribution in [1.29, 1.82) is 5.26 Å². The van der Waals surface area contributed by atoms with Gasteiger partial charge in [-0.25, -0.2) is 9.18 Å². The van der Waals surface area contributed by atoms with Crippen molar-refractivity contribution < 1.29 is 18.7 Å². The molecule has 2 saturated heterocycles. The summed E-state index contributed by atoms with van der Waals surface area (Å²) in [6.45, 7) is 2.89. The minimum absolute atomic E-state index is 0.172. The van der Waals surface area contributed by atoms with E-state index in [1.54, 1.807) is 12.1 Å². The van der Waals surface area contributed by atoms with Crippen LogP contribution in [0.5, 0.6) is 0 Å². The standard InChI is InChI=1S/C19H21FN4O3/c1-13(25)22-10-17-11-24(19(26)27-17)16-4-2-15(3-5-16)23-9-7-14(6-8-21)18(20)12-23/h2-6,17-18H,7,9-12H2,1H3,(H,22,25)/t17-,18?/m0/s1. The molecule has 3 rings (SSSR count). The zero-order chi connectivity index (χ0) is 19.4. The lowest BCUT2D eigenvalue weighted by atomic mass is 10.0. The number of halogens is 1. The van der Waals surface area contributed by atoms with Gasteiger partial charge in [-0.15, -0.1) is 0 Å². The smallest absolute Gasteiger partial charge is 0.414 e. The van der Waals surface area contributed by atoms with Gasteiger partial charge in [0.05, 0.1) is 25.7 Å². The first kappa shape index (κ1) is 18.7. The van der Waals surface area contributed by atoms with Crippen molar-refractivity contribution in [3.05, 3.63) is 35.9 Å². The highest BCUT2D eigenvalue weighted by atomic mass is 19.1. The van der Waals surface area contributed by atoms with Crippen LogP contribution in [0.4, 0.5) is 20.6 Å². The molecule has 0 aromatic heterocycles. The number of carbonyl (C=O) groups is 2. The van der Waals surface area contributed by atoms with E-state index < -0.39 is 12.3 Å². The monoisotopic (exact) mass is 372 g/mol. The third kappa shape index (κ3) is 4.37. The lowest BCUT2D eigenvalue weighted by Gasteiger charge is -2.32. The van der Waals surface area contributed by atoms with Gasteiger partial charge < -0.3 is 15.0 Å². The Kier molecular flexibility index (Phi) is 5.60. The molecule has 27 heavy (non-hydrogen) atoms. The summed E-state index contributed by atoms with van der Waals surface area (Å²) in [6, 6.07) is 9.17. The molecule has 2 heterocycles. The summed E-state index contributed by atoms with van der Waals surface area (Å²) < 4.78 is 19.4. The van der Waals surface area contributed by atoms with Gasteiger partial charge in [0.2, 0.25) is 5.91 Å². The third-order valence-corrected chi connectivity index (χ3v) is 4.68.